The molecule has 0 aliphatic heterocycles. The largest absolute Gasteiger partial charge is 0.481 e. The number of rotatable bonds is 18. The number of carbonyl (C=O) groups excluding carboxylic acids is 3. The van der Waals surface area contributed by atoms with E-state index in [-0.39, 0.29) is 24.6 Å². The van der Waals surface area contributed by atoms with E-state index in [9.17, 15) is 39.0 Å². The van der Waals surface area contributed by atoms with Crippen LogP contribution in [-0.4, -0.2) is 79.8 Å². The Morgan fingerprint density at radius 3 is 2.13 bits per heavy atom. The zero-order valence-electron chi connectivity index (χ0n) is 20.3. The first-order chi connectivity index (χ1) is 17.8. The van der Waals surface area contributed by atoms with Crippen molar-refractivity contribution >= 4 is 35.8 Å². The fourth-order valence-electron chi connectivity index (χ4n) is 3.14. The molecule has 12 N–H and O–H groups in total. The van der Waals surface area contributed by atoms with Gasteiger partial charge in [0.05, 0.1) is 12.5 Å². The molecule has 0 aliphatic rings. The fourth-order valence-corrected chi connectivity index (χ4v) is 3.14. The van der Waals surface area contributed by atoms with Crippen LogP contribution in [0.4, 0.5) is 4.79 Å². The molecule has 38 heavy (non-hydrogen) atoms. The van der Waals surface area contributed by atoms with E-state index in [2.05, 4.69) is 26.1 Å². The second-order valence-corrected chi connectivity index (χ2v) is 8.20. The van der Waals surface area contributed by atoms with Crippen molar-refractivity contribution in [3.05, 3.63) is 11.7 Å². The van der Waals surface area contributed by atoms with E-state index < -0.39 is 79.2 Å². The number of nitrogens with zero attached hydrogens (tertiary/aromatic N) is 2. The number of nitrogens with one attached hydrogen (secondary N) is 3. The summed E-state index contributed by atoms with van der Waals surface area (Å²) in [6.45, 7) is 0.319. The Morgan fingerprint density at radius 2 is 1.58 bits per heavy atom. The minimum absolute atomic E-state index is 0.0498. The molecule has 4 amide bonds. The Bertz CT molecular complexity index is 1000. The fraction of sp³-hybridized carbons (Fsp3) is 0.600. The number of amides is 4. The van der Waals surface area contributed by atoms with Crippen LogP contribution in [0.15, 0.2) is 4.52 Å². The number of unbranched alkanes of at least 4 members (excludes halogenated alkanes) is 1. The van der Waals surface area contributed by atoms with Gasteiger partial charge in [-0.25, -0.2) is 9.59 Å². The maximum Gasteiger partial charge on any atom is 0.326 e. The molecule has 0 saturated carbocycles. The first-order valence-corrected chi connectivity index (χ1v) is 11.4. The van der Waals surface area contributed by atoms with Crippen molar-refractivity contribution in [2.24, 2.45) is 17.2 Å². The summed E-state index contributed by atoms with van der Waals surface area (Å²) in [6.07, 6.45) is -1.07. The Balaban J connectivity index is 3.00. The molecule has 1 heterocycles. The van der Waals surface area contributed by atoms with Crippen LogP contribution < -0.4 is 33.2 Å². The third kappa shape index (κ3) is 11.6. The number of hydrogen-bond donors (Lipinski definition) is 9. The third-order valence-corrected chi connectivity index (χ3v) is 5.02. The lowest BCUT2D eigenvalue weighted by Crippen LogP contribution is -2.54. The average Bonchev–Trinajstić information content (AvgIpc) is 3.30. The molecule has 0 radical (unpaired) electrons. The molecule has 1 aromatic heterocycles. The summed E-state index contributed by atoms with van der Waals surface area (Å²) < 4.78 is 4.96. The summed E-state index contributed by atoms with van der Waals surface area (Å²) in [5.41, 5.74) is 16.2. The number of aromatic nitrogens is 2. The first kappa shape index (κ1) is 31.7. The van der Waals surface area contributed by atoms with Gasteiger partial charge in [-0.15, -0.1) is 0 Å². The standard InChI is InChI=1S/C20H32N8O10/c21-6-2-1-3-11(19(35)36)24-17(34)10(4-5-14(30)31)25-20(37)26-12(8-15(32)33)18-27-16(28-38-18)9(22)7-13(23)29/h9-12H,1-8,21-22H2,(H2,23,29)(H,24,34)(H,30,31)(H,32,33)(H,35,36)(H2,25,26,37)/t9-,10-,11-,12-/m0/s1. The predicted molar refractivity (Wildman–Crippen MR) is 125 cm³/mol. The summed E-state index contributed by atoms with van der Waals surface area (Å²) in [5.74, 6) is -6.26. The van der Waals surface area contributed by atoms with Crippen molar-refractivity contribution in [3.63, 3.8) is 0 Å². The number of nitrogens with two attached hydrogens (primary N) is 3. The Hall–Kier alpha value is -4.32. The van der Waals surface area contributed by atoms with E-state index in [1.165, 1.54) is 0 Å². The second kappa shape index (κ2) is 15.7. The van der Waals surface area contributed by atoms with Crippen LogP contribution >= 0.6 is 0 Å². The molecule has 0 saturated heterocycles. The Kier molecular flexibility index (Phi) is 13.1. The van der Waals surface area contributed by atoms with E-state index in [1.807, 2.05) is 0 Å². The molecule has 18 nitrogen and oxygen atoms in total. The molecule has 1 aromatic rings. The van der Waals surface area contributed by atoms with Gasteiger partial charge in [0, 0.05) is 12.8 Å². The Labute approximate surface area is 215 Å². The zero-order valence-corrected chi connectivity index (χ0v) is 20.3. The van der Waals surface area contributed by atoms with E-state index in [1.54, 1.807) is 0 Å². The molecule has 0 fully saturated rings. The van der Waals surface area contributed by atoms with Gasteiger partial charge in [0.2, 0.25) is 17.7 Å². The van der Waals surface area contributed by atoms with Crippen LogP contribution in [0.2, 0.25) is 0 Å². The molecule has 18 heteroatoms. The van der Waals surface area contributed by atoms with Crippen molar-refractivity contribution in [2.45, 2.75) is 69.1 Å². The highest BCUT2D eigenvalue weighted by molar-refractivity contribution is 5.90. The van der Waals surface area contributed by atoms with Gasteiger partial charge in [-0.3, -0.25) is 19.2 Å². The van der Waals surface area contributed by atoms with Gasteiger partial charge < -0.3 is 53.0 Å². The average molecular weight is 545 g/mol. The smallest absolute Gasteiger partial charge is 0.326 e. The molecule has 0 aromatic carbocycles. The van der Waals surface area contributed by atoms with Gasteiger partial charge in [-0.1, -0.05) is 5.16 Å². The van der Waals surface area contributed by atoms with Crippen molar-refractivity contribution in [1.82, 2.24) is 26.1 Å². The van der Waals surface area contributed by atoms with Crippen LogP contribution in [0, 0.1) is 0 Å². The van der Waals surface area contributed by atoms with Crippen molar-refractivity contribution in [2.75, 3.05) is 6.54 Å². The number of primary amides is 1. The lowest BCUT2D eigenvalue weighted by atomic mass is 10.1. The van der Waals surface area contributed by atoms with Crippen molar-refractivity contribution in [1.29, 1.82) is 0 Å². The maximum atomic E-state index is 12.7. The van der Waals surface area contributed by atoms with Gasteiger partial charge >= 0.3 is 23.9 Å². The highest BCUT2D eigenvalue weighted by atomic mass is 16.5. The van der Waals surface area contributed by atoms with Crippen LogP contribution in [0.25, 0.3) is 0 Å². The highest BCUT2D eigenvalue weighted by Gasteiger charge is 2.30. The van der Waals surface area contributed by atoms with Gasteiger partial charge in [0.1, 0.15) is 18.1 Å². The SMILES string of the molecule is NCCCC[C@H](NC(=O)[C@H](CCC(=O)O)NC(=O)N[C@@H](CC(=O)O)c1nc([C@@H](N)CC(N)=O)no1)C(=O)O. The highest BCUT2D eigenvalue weighted by Crippen LogP contribution is 2.18. The summed E-state index contributed by atoms with van der Waals surface area (Å²) in [6, 6.07) is -6.39. The summed E-state index contributed by atoms with van der Waals surface area (Å²) in [7, 11) is 0. The molecule has 0 bridgehead atoms. The lowest BCUT2D eigenvalue weighted by molar-refractivity contribution is -0.142. The molecule has 1 rings (SSSR count). The zero-order chi connectivity index (χ0) is 28.8. The molecular weight excluding hydrogens is 512 g/mol. The van der Waals surface area contributed by atoms with Gasteiger partial charge in [0.15, 0.2) is 5.82 Å². The van der Waals surface area contributed by atoms with Gasteiger partial charge in [0.25, 0.3) is 0 Å². The van der Waals surface area contributed by atoms with E-state index in [0.717, 1.165) is 0 Å². The van der Waals surface area contributed by atoms with Gasteiger partial charge in [-0.2, -0.15) is 4.98 Å². The quantitative estimate of drug-likeness (QED) is 0.0877. The van der Waals surface area contributed by atoms with Crippen LogP contribution in [-0.2, 0) is 24.0 Å². The predicted octanol–water partition coefficient (Wildman–Crippen LogP) is -2.31. The summed E-state index contributed by atoms with van der Waals surface area (Å²) in [5, 5.41) is 37.8. The molecular formula is C20H32N8O10. The van der Waals surface area contributed by atoms with E-state index in [4.69, 9.17) is 26.8 Å². The van der Waals surface area contributed by atoms with Crippen LogP contribution in [0.1, 0.15) is 68.7 Å². The summed E-state index contributed by atoms with van der Waals surface area (Å²) in [4.78, 5) is 74.1. The first-order valence-electron chi connectivity index (χ1n) is 11.4. The van der Waals surface area contributed by atoms with Gasteiger partial charge in [-0.05, 0) is 32.2 Å². The number of aliphatic carboxylic acids is 3. The van der Waals surface area contributed by atoms with Crippen molar-refractivity contribution < 1.29 is 48.6 Å². The van der Waals surface area contributed by atoms with E-state index >= 15 is 0 Å². The number of urea groups is 1. The molecule has 0 aliphatic carbocycles. The third-order valence-electron chi connectivity index (χ3n) is 5.02. The number of carbonyl (C=O) groups is 6. The summed E-state index contributed by atoms with van der Waals surface area (Å²) >= 11 is 0. The molecule has 0 unspecified atom stereocenters. The second-order valence-electron chi connectivity index (χ2n) is 8.20. The minimum atomic E-state index is -1.49. The normalized spacial score (nSPS) is 13.9. The molecule has 0 spiro atoms. The molecule has 212 valence electrons. The van der Waals surface area contributed by atoms with Crippen molar-refractivity contribution in [3.8, 4) is 0 Å². The monoisotopic (exact) mass is 544 g/mol. The van der Waals surface area contributed by atoms with E-state index in [0.29, 0.717) is 19.4 Å². The maximum absolute atomic E-state index is 12.7. The molecule has 4 atom stereocenters. The number of carboxylic acid groups (broad SMARTS) is 3. The Morgan fingerprint density at radius 1 is 0.895 bits per heavy atom. The topological polar surface area (TPSA) is 316 Å². The van der Waals surface area contributed by atoms with Crippen LogP contribution in [0.3, 0.4) is 0 Å². The number of hydrogen-bond acceptors (Lipinski definition) is 11. The number of carboxylic acids is 3. The van der Waals surface area contributed by atoms with Crippen LogP contribution in [0.5, 0.6) is 0 Å². The lowest BCUT2D eigenvalue weighted by Gasteiger charge is -2.22. The minimum Gasteiger partial charge on any atom is -0.481 e.